The predicted octanol–water partition coefficient (Wildman–Crippen LogP) is 6.49. The molecule has 1 aromatic heterocycles. The third-order valence-electron chi connectivity index (χ3n) is 4.90. The molecule has 0 atom stereocenters. The fourth-order valence-corrected chi connectivity index (χ4v) is 3.91. The largest absolute Gasteiger partial charge is 0.487 e. The summed E-state index contributed by atoms with van der Waals surface area (Å²) in [5, 5.41) is 7.92. The summed E-state index contributed by atoms with van der Waals surface area (Å²) in [7, 11) is 0. The molecule has 162 valence electrons. The minimum absolute atomic E-state index is 0.210. The highest BCUT2D eigenvalue weighted by molar-refractivity contribution is 9.10. The molecule has 0 aliphatic rings. The van der Waals surface area contributed by atoms with Crippen molar-refractivity contribution in [3.63, 3.8) is 0 Å². The number of aromatic nitrogens is 2. The molecule has 0 saturated carbocycles. The second-order valence-electron chi connectivity index (χ2n) is 7.33. The Labute approximate surface area is 200 Å². The van der Waals surface area contributed by atoms with Crippen LogP contribution in [0.5, 0.6) is 5.75 Å². The molecule has 0 unspecified atom stereocenters. The predicted molar refractivity (Wildman–Crippen MR) is 130 cm³/mol. The van der Waals surface area contributed by atoms with Crippen molar-refractivity contribution in [1.29, 1.82) is 0 Å². The first kappa shape index (κ1) is 22.1. The molecule has 1 N–H and O–H groups in total. The van der Waals surface area contributed by atoms with E-state index >= 15 is 0 Å². The monoisotopic (exact) mass is 509 g/mol. The van der Waals surface area contributed by atoms with Gasteiger partial charge in [-0.25, -0.2) is 0 Å². The van der Waals surface area contributed by atoms with Crippen molar-refractivity contribution in [2.45, 2.75) is 20.1 Å². The van der Waals surface area contributed by atoms with Gasteiger partial charge in [-0.3, -0.25) is 9.48 Å². The van der Waals surface area contributed by atoms with Crippen LogP contribution in [0, 0.1) is 6.92 Å². The minimum Gasteiger partial charge on any atom is -0.487 e. The van der Waals surface area contributed by atoms with E-state index in [9.17, 15) is 4.79 Å². The van der Waals surface area contributed by atoms with Gasteiger partial charge in [0.2, 0.25) is 0 Å². The first-order valence-electron chi connectivity index (χ1n) is 10.0. The van der Waals surface area contributed by atoms with Gasteiger partial charge in [0.1, 0.15) is 12.4 Å². The van der Waals surface area contributed by atoms with Gasteiger partial charge in [-0.1, -0.05) is 70.0 Å². The van der Waals surface area contributed by atoms with E-state index in [0.29, 0.717) is 35.3 Å². The van der Waals surface area contributed by atoms with Crippen molar-refractivity contribution in [2.75, 3.05) is 5.32 Å². The van der Waals surface area contributed by atoms with Gasteiger partial charge in [0.25, 0.3) is 5.91 Å². The standard InChI is InChI=1S/C25H21BrClN3O2/c1-17-13-24(29-30(17)15-18-5-3-2-4-6-18)28-25(31)20-9-7-19(8-10-20)16-32-23-12-11-21(26)14-22(23)27/h2-14H,15-16H2,1H3,(H,28,29,31). The second-order valence-corrected chi connectivity index (χ2v) is 8.65. The van der Waals surface area contributed by atoms with Crippen LogP contribution in [0.3, 0.4) is 0 Å². The van der Waals surface area contributed by atoms with Gasteiger partial charge in [0.05, 0.1) is 11.6 Å². The summed E-state index contributed by atoms with van der Waals surface area (Å²) >= 11 is 9.56. The van der Waals surface area contributed by atoms with Crippen LogP contribution in [0.1, 0.15) is 27.2 Å². The topological polar surface area (TPSA) is 56.1 Å². The SMILES string of the molecule is Cc1cc(NC(=O)c2ccc(COc3ccc(Br)cc3Cl)cc2)nn1Cc1ccccc1. The van der Waals surface area contributed by atoms with Crippen molar-refractivity contribution in [3.05, 3.63) is 111 Å². The fourth-order valence-electron chi connectivity index (χ4n) is 3.18. The molecule has 0 bridgehead atoms. The summed E-state index contributed by atoms with van der Waals surface area (Å²) in [5.41, 5.74) is 3.61. The molecule has 5 nitrogen and oxygen atoms in total. The average molecular weight is 511 g/mol. The number of hydrogen-bond acceptors (Lipinski definition) is 3. The molecule has 7 heteroatoms. The Morgan fingerprint density at radius 2 is 1.78 bits per heavy atom. The third kappa shape index (κ3) is 5.58. The Bertz CT molecular complexity index is 1220. The molecule has 1 amide bonds. The van der Waals surface area contributed by atoms with Crippen LogP contribution in [-0.2, 0) is 13.2 Å². The van der Waals surface area contributed by atoms with Crippen LogP contribution in [0.25, 0.3) is 0 Å². The molecule has 0 spiro atoms. The first-order chi connectivity index (χ1) is 15.5. The third-order valence-corrected chi connectivity index (χ3v) is 5.69. The fraction of sp³-hybridized carbons (Fsp3) is 0.120. The lowest BCUT2D eigenvalue weighted by atomic mass is 10.1. The molecular weight excluding hydrogens is 490 g/mol. The van der Waals surface area contributed by atoms with E-state index in [4.69, 9.17) is 16.3 Å². The number of anilines is 1. The average Bonchev–Trinajstić information content (AvgIpc) is 3.12. The molecule has 4 rings (SSSR count). The van der Waals surface area contributed by atoms with Crippen LogP contribution in [0.4, 0.5) is 5.82 Å². The van der Waals surface area contributed by atoms with E-state index in [-0.39, 0.29) is 5.91 Å². The number of nitrogens with zero attached hydrogens (tertiary/aromatic N) is 2. The quantitative estimate of drug-likeness (QED) is 0.309. The lowest BCUT2D eigenvalue weighted by molar-refractivity contribution is 0.102. The Hall–Kier alpha value is -3.09. The molecule has 4 aromatic rings. The highest BCUT2D eigenvalue weighted by Gasteiger charge is 2.11. The molecule has 3 aromatic carbocycles. The van der Waals surface area contributed by atoms with Gasteiger partial charge in [0, 0.05) is 21.8 Å². The number of benzene rings is 3. The van der Waals surface area contributed by atoms with Crippen LogP contribution < -0.4 is 10.1 Å². The number of amides is 1. The van der Waals surface area contributed by atoms with Gasteiger partial charge in [-0.15, -0.1) is 0 Å². The Morgan fingerprint density at radius 1 is 1.03 bits per heavy atom. The second kappa shape index (κ2) is 10.0. The van der Waals surface area contributed by atoms with Gasteiger partial charge in [-0.2, -0.15) is 5.10 Å². The van der Waals surface area contributed by atoms with Crippen molar-refractivity contribution in [2.24, 2.45) is 0 Å². The zero-order valence-corrected chi connectivity index (χ0v) is 19.7. The maximum Gasteiger partial charge on any atom is 0.256 e. The molecular formula is C25H21BrClN3O2. The number of carbonyl (C=O) groups is 1. The Kier molecular flexibility index (Phi) is 6.93. The van der Waals surface area contributed by atoms with E-state index in [0.717, 1.165) is 21.3 Å². The van der Waals surface area contributed by atoms with E-state index in [2.05, 4.69) is 38.5 Å². The molecule has 0 aliphatic carbocycles. The Balaban J connectivity index is 1.36. The van der Waals surface area contributed by atoms with Crippen molar-refractivity contribution in [3.8, 4) is 5.75 Å². The van der Waals surface area contributed by atoms with Crippen LogP contribution in [0.2, 0.25) is 5.02 Å². The first-order valence-corrected chi connectivity index (χ1v) is 11.2. The summed E-state index contributed by atoms with van der Waals surface area (Å²) in [6, 6.07) is 24.7. The number of aryl methyl sites for hydroxylation is 1. The zero-order chi connectivity index (χ0) is 22.5. The van der Waals surface area contributed by atoms with Crippen molar-refractivity contribution >= 4 is 39.3 Å². The van der Waals surface area contributed by atoms with Crippen molar-refractivity contribution < 1.29 is 9.53 Å². The maximum absolute atomic E-state index is 12.6. The number of rotatable bonds is 7. The summed E-state index contributed by atoms with van der Waals surface area (Å²) in [6.45, 7) is 2.98. The summed E-state index contributed by atoms with van der Waals surface area (Å²) < 4.78 is 8.54. The number of halogens is 2. The molecule has 32 heavy (non-hydrogen) atoms. The molecule has 0 fully saturated rings. The smallest absolute Gasteiger partial charge is 0.256 e. The van der Waals surface area contributed by atoms with Gasteiger partial charge in [0.15, 0.2) is 5.82 Å². The Morgan fingerprint density at radius 3 is 2.50 bits per heavy atom. The van der Waals surface area contributed by atoms with E-state index in [1.807, 2.05) is 60.1 Å². The highest BCUT2D eigenvalue weighted by atomic mass is 79.9. The number of carbonyl (C=O) groups excluding carboxylic acids is 1. The molecule has 0 aliphatic heterocycles. The maximum atomic E-state index is 12.6. The lowest BCUT2D eigenvalue weighted by Crippen LogP contribution is -2.13. The van der Waals surface area contributed by atoms with E-state index in [1.54, 1.807) is 18.2 Å². The van der Waals surface area contributed by atoms with Gasteiger partial charge in [-0.05, 0) is 48.4 Å². The van der Waals surface area contributed by atoms with Crippen LogP contribution >= 0.6 is 27.5 Å². The summed E-state index contributed by atoms with van der Waals surface area (Å²) in [5.74, 6) is 0.927. The van der Waals surface area contributed by atoms with Gasteiger partial charge < -0.3 is 10.1 Å². The highest BCUT2D eigenvalue weighted by Crippen LogP contribution is 2.28. The van der Waals surface area contributed by atoms with Crippen molar-refractivity contribution in [1.82, 2.24) is 9.78 Å². The summed E-state index contributed by atoms with van der Waals surface area (Å²) in [6.07, 6.45) is 0. The van der Waals surface area contributed by atoms with E-state index < -0.39 is 0 Å². The number of hydrogen-bond donors (Lipinski definition) is 1. The minimum atomic E-state index is -0.210. The van der Waals surface area contributed by atoms with Crippen LogP contribution in [0.15, 0.2) is 83.3 Å². The van der Waals surface area contributed by atoms with Gasteiger partial charge >= 0.3 is 0 Å². The summed E-state index contributed by atoms with van der Waals surface area (Å²) in [4.78, 5) is 12.6. The van der Waals surface area contributed by atoms with Crippen LogP contribution in [-0.4, -0.2) is 15.7 Å². The molecule has 0 radical (unpaired) electrons. The normalized spacial score (nSPS) is 10.7. The zero-order valence-electron chi connectivity index (χ0n) is 17.4. The van der Waals surface area contributed by atoms with E-state index in [1.165, 1.54) is 0 Å². The molecule has 0 saturated heterocycles. The molecule has 1 heterocycles. The lowest BCUT2D eigenvalue weighted by Gasteiger charge is -2.09. The number of nitrogens with one attached hydrogen (secondary N) is 1. The number of ether oxygens (including phenoxy) is 1.